The van der Waals surface area contributed by atoms with Crippen LogP contribution in [0.1, 0.15) is 31.4 Å². The monoisotopic (exact) mass is 328 g/mol. The number of benzene rings is 2. The van der Waals surface area contributed by atoms with Gasteiger partial charge in [0.25, 0.3) is 0 Å². The molecule has 0 fully saturated rings. The van der Waals surface area contributed by atoms with Crippen molar-refractivity contribution in [3.05, 3.63) is 71.5 Å². The van der Waals surface area contributed by atoms with Gasteiger partial charge in [-0.25, -0.2) is 4.39 Å². The first-order chi connectivity index (χ1) is 11.6. The van der Waals surface area contributed by atoms with Gasteiger partial charge in [-0.05, 0) is 25.5 Å². The van der Waals surface area contributed by atoms with Crippen molar-refractivity contribution in [2.45, 2.75) is 39.4 Å². The molecule has 0 aromatic heterocycles. The van der Waals surface area contributed by atoms with Gasteiger partial charge in [-0.3, -0.25) is 9.69 Å². The van der Waals surface area contributed by atoms with Crippen LogP contribution in [0.25, 0.3) is 0 Å². The fourth-order valence-electron chi connectivity index (χ4n) is 2.51. The molecule has 0 radical (unpaired) electrons. The molecule has 0 unspecified atom stereocenters. The van der Waals surface area contributed by atoms with Crippen molar-refractivity contribution >= 4 is 5.91 Å². The van der Waals surface area contributed by atoms with Gasteiger partial charge in [-0.15, -0.1) is 0 Å². The van der Waals surface area contributed by atoms with Crippen molar-refractivity contribution in [1.29, 1.82) is 0 Å². The molecule has 0 atom stereocenters. The Balaban J connectivity index is 1.81. The van der Waals surface area contributed by atoms with Crippen LogP contribution in [0, 0.1) is 5.82 Å². The number of nitrogens with one attached hydrogen (secondary N) is 1. The third kappa shape index (κ3) is 5.78. The Morgan fingerprint density at radius 2 is 1.75 bits per heavy atom. The lowest BCUT2D eigenvalue weighted by atomic mass is 10.1. The standard InChI is InChI=1S/C20H25FN2O/c1-16(2)23(15-17-8-4-3-5-9-17)13-12-20(24)22-14-18-10-6-7-11-19(18)21/h3-11,16H,12-15H2,1-2H3,(H,22,24). The summed E-state index contributed by atoms with van der Waals surface area (Å²) in [5, 5.41) is 2.79. The highest BCUT2D eigenvalue weighted by Crippen LogP contribution is 2.09. The van der Waals surface area contributed by atoms with Gasteiger partial charge in [-0.1, -0.05) is 48.5 Å². The van der Waals surface area contributed by atoms with E-state index in [2.05, 4.69) is 36.2 Å². The topological polar surface area (TPSA) is 32.3 Å². The zero-order chi connectivity index (χ0) is 17.4. The lowest BCUT2D eigenvalue weighted by molar-refractivity contribution is -0.121. The van der Waals surface area contributed by atoms with Gasteiger partial charge in [0.05, 0.1) is 0 Å². The molecule has 0 spiro atoms. The molecule has 0 bridgehead atoms. The van der Waals surface area contributed by atoms with Crippen LogP contribution in [0.5, 0.6) is 0 Å². The highest BCUT2D eigenvalue weighted by atomic mass is 19.1. The molecule has 0 aliphatic carbocycles. The van der Waals surface area contributed by atoms with Crippen LogP contribution in [0.4, 0.5) is 4.39 Å². The lowest BCUT2D eigenvalue weighted by Gasteiger charge is -2.26. The summed E-state index contributed by atoms with van der Waals surface area (Å²) < 4.78 is 13.5. The van der Waals surface area contributed by atoms with Gasteiger partial charge in [0.15, 0.2) is 0 Å². The average molecular weight is 328 g/mol. The van der Waals surface area contributed by atoms with E-state index in [1.54, 1.807) is 18.2 Å². The Hall–Kier alpha value is -2.20. The van der Waals surface area contributed by atoms with Crippen molar-refractivity contribution in [2.75, 3.05) is 6.54 Å². The van der Waals surface area contributed by atoms with Crippen LogP contribution in [0.2, 0.25) is 0 Å². The summed E-state index contributed by atoms with van der Waals surface area (Å²) in [6.45, 7) is 5.97. The molecular weight excluding hydrogens is 303 g/mol. The van der Waals surface area contributed by atoms with Gasteiger partial charge in [-0.2, -0.15) is 0 Å². The van der Waals surface area contributed by atoms with E-state index in [0.29, 0.717) is 24.6 Å². The number of hydrogen-bond acceptors (Lipinski definition) is 2. The van der Waals surface area contributed by atoms with Crippen molar-refractivity contribution in [3.8, 4) is 0 Å². The maximum absolute atomic E-state index is 13.5. The van der Waals surface area contributed by atoms with Gasteiger partial charge >= 0.3 is 0 Å². The number of nitrogens with zero attached hydrogens (tertiary/aromatic N) is 1. The summed E-state index contributed by atoms with van der Waals surface area (Å²) in [6, 6.07) is 17.1. The van der Waals surface area contributed by atoms with Crippen LogP contribution < -0.4 is 5.32 Å². The summed E-state index contributed by atoms with van der Waals surface area (Å²) >= 11 is 0. The van der Waals surface area contributed by atoms with Gasteiger partial charge in [0.2, 0.25) is 5.91 Å². The van der Waals surface area contributed by atoms with E-state index in [4.69, 9.17) is 0 Å². The molecule has 0 saturated heterocycles. The Morgan fingerprint density at radius 1 is 1.08 bits per heavy atom. The van der Waals surface area contributed by atoms with E-state index in [1.165, 1.54) is 11.6 Å². The second-order valence-corrected chi connectivity index (χ2v) is 6.17. The summed E-state index contributed by atoms with van der Waals surface area (Å²) in [7, 11) is 0. The minimum absolute atomic E-state index is 0.0584. The third-order valence-corrected chi connectivity index (χ3v) is 4.02. The van der Waals surface area contributed by atoms with Crippen LogP contribution in [0.15, 0.2) is 54.6 Å². The number of carbonyl (C=O) groups excluding carboxylic acids is 1. The molecule has 3 nitrogen and oxygen atoms in total. The number of halogens is 1. The van der Waals surface area contributed by atoms with Gasteiger partial charge in [0.1, 0.15) is 5.82 Å². The van der Waals surface area contributed by atoms with E-state index < -0.39 is 0 Å². The Morgan fingerprint density at radius 3 is 2.42 bits per heavy atom. The van der Waals surface area contributed by atoms with Crippen molar-refractivity contribution in [3.63, 3.8) is 0 Å². The number of amides is 1. The molecule has 1 amide bonds. The number of carbonyl (C=O) groups is 1. The quantitative estimate of drug-likeness (QED) is 0.800. The molecule has 1 N–H and O–H groups in total. The molecular formula is C20H25FN2O. The minimum Gasteiger partial charge on any atom is -0.352 e. The predicted octanol–water partition coefficient (Wildman–Crippen LogP) is 3.74. The van der Waals surface area contributed by atoms with Crippen molar-refractivity contribution in [2.24, 2.45) is 0 Å². The zero-order valence-electron chi connectivity index (χ0n) is 14.3. The largest absolute Gasteiger partial charge is 0.352 e. The second-order valence-electron chi connectivity index (χ2n) is 6.17. The molecule has 0 heterocycles. The molecule has 2 rings (SSSR count). The van der Waals surface area contributed by atoms with Crippen molar-refractivity contribution in [1.82, 2.24) is 10.2 Å². The first-order valence-electron chi connectivity index (χ1n) is 8.34. The molecule has 0 saturated carbocycles. The summed E-state index contributed by atoms with van der Waals surface area (Å²) in [5.41, 5.74) is 1.74. The third-order valence-electron chi connectivity index (χ3n) is 4.02. The van der Waals surface area contributed by atoms with Crippen LogP contribution in [-0.2, 0) is 17.9 Å². The van der Waals surface area contributed by atoms with Crippen molar-refractivity contribution < 1.29 is 9.18 Å². The summed E-state index contributed by atoms with van der Waals surface area (Å²) in [5.74, 6) is -0.345. The average Bonchev–Trinajstić information content (AvgIpc) is 2.58. The minimum atomic E-state index is -0.286. The maximum Gasteiger partial charge on any atom is 0.221 e. The molecule has 24 heavy (non-hydrogen) atoms. The Bertz CT molecular complexity index is 643. The SMILES string of the molecule is CC(C)N(CCC(=O)NCc1ccccc1F)Cc1ccccc1. The van der Waals surface area contributed by atoms with E-state index in [9.17, 15) is 9.18 Å². The number of rotatable bonds is 8. The van der Waals surface area contributed by atoms with Crippen LogP contribution >= 0.6 is 0 Å². The zero-order valence-corrected chi connectivity index (χ0v) is 14.3. The van der Waals surface area contributed by atoms with E-state index in [1.807, 2.05) is 18.2 Å². The summed E-state index contributed by atoms with van der Waals surface area (Å²) in [6.07, 6.45) is 0.402. The highest BCUT2D eigenvalue weighted by Gasteiger charge is 2.12. The normalized spacial score (nSPS) is 11.0. The summed E-state index contributed by atoms with van der Waals surface area (Å²) in [4.78, 5) is 14.3. The maximum atomic E-state index is 13.5. The van der Waals surface area contributed by atoms with E-state index in [-0.39, 0.29) is 18.3 Å². The predicted molar refractivity (Wildman–Crippen MR) is 94.9 cm³/mol. The van der Waals surface area contributed by atoms with Crippen LogP contribution in [0.3, 0.4) is 0 Å². The Labute approximate surface area is 143 Å². The molecule has 128 valence electrons. The molecule has 4 heteroatoms. The molecule has 0 aliphatic rings. The van der Waals surface area contributed by atoms with Crippen LogP contribution in [-0.4, -0.2) is 23.4 Å². The number of hydrogen-bond donors (Lipinski definition) is 1. The molecule has 2 aromatic rings. The lowest BCUT2D eigenvalue weighted by Crippen LogP contribution is -2.34. The van der Waals surface area contributed by atoms with E-state index >= 15 is 0 Å². The van der Waals surface area contributed by atoms with Gasteiger partial charge < -0.3 is 5.32 Å². The second kappa shape index (κ2) is 9.18. The first kappa shape index (κ1) is 18.1. The van der Waals surface area contributed by atoms with Gasteiger partial charge in [0, 0.05) is 37.7 Å². The first-order valence-corrected chi connectivity index (χ1v) is 8.34. The highest BCUT2D eigenvalue weighted by molar-refractivity contribution is 5.76. The fraction of sp³-hybridized carbons (Fsp3) is 0.350. The molecule has 0 aliphatic heterocycles. The Kier molecular flexibility index (Phi) is 6.94. The fourth-order valence-corrected chi connectivity index (χ4v) is 2.51. The van der Waals surface area contributed by atoms with E-state index in [0.717, 1.165) is 6.54 Å². The molecule has 2 aromatic carbocycles. The smallest absolute Gasteiger partial charge is 0.221 e.